The third-order valence-corrected chi connectivity index (χ3v) is 10.4. The summed E-state index contributed by atoms with van der Waals surface area (Å²) in [6, 6.07) is 0. The third kappa shape index (κ3) is 30.9. The van der Waals surface area contributed by atoms with Crippen LogP contribution in [0.3, 0.4) is 0 Å². The molecule has 0 aliphatic carbocycles. The molecule has 336 valence electrons. The maximum Gasteiger partial charge on any atom is 0.306 e. The molecule has 6 unspecified atom stereocenters. The Morgan fingerprint density at radius 1 is 0.569 bits per heavy atom. The van der Waals surface area contributed by atoms with Crippen LogP contribution in [0.25, 0.3) is 0 Å². The first-order chi connectivity index (χ1) is 28.4. The van der Waals surface area contributed by atoms with Crippen LogP contribution in [0.1, 0.15) is 181 Å². The van der Waals surface area contributed by atoms with E-state index < -0.39 is 43.4 Å². The van der Waals surface area contributed by atoms with E-state index in [2.05, 4.69) is 74.6 Å². The van der Waals surface area contributed by atoms with Gasteiger partial charge in [-0.3, -0.25) is 4.79 Å². The Morgan fingerprint density at radius 3 is 1.59 bits per heavy atom. The van der Waals surface area contributed by atoms with Gasteiger partial charge in [0.15, 0.2) is 6.29 Å². The predicted octanol–water partition coefficient (Wildman–Crippen LogP) is 10.7. The Bertz CT molecular complexity index is 1070. The summed E-state index contributed by atoms with van der Waals surface area (Å²) in [5.74, 6) is -0.333. The summed E-state index contributed by atoms with van der Waals surface area (Å²) in [4.78, 5) is 12.8. The molecule has 0 radical (unpaired) electrons. The van der Waals surface area contributed by atoms with Crippen molar-refractivity contribution in [3.63, 3.8) is 0 Å². The molecule has 0 spiro atoms. The average Bonchev–Trinajstić information content (AvgIpc) is 3.22. The summed E-state index contributed by atoms with van der Waals surface area (Å²) in [5, 5.41) is 40.1. The topological polar surface area (TPSA) is 135 Å². The lowest BCUT2D eigenvalue weighted by Gasteiger charge is -2.39. The molecular formula is C49H86O9. The lowest BCUT2D eigenvalue weighted by atomic mass is 9.99. The molecule has 0 saturated carbocycles. The zero-order valence-electron chi connectivity index (χ0n) is 36.8. The van der Waals surface area contributed by atoms with Crippen molar-refractivity contribution >= 4 is 5.97 Å². The molecule has 9 heteroatoms. The van der Waals surface area contributed by atoms with E-state index in [4.69, 9.17) is 18.9 Å². The second-order valence-corrected chi connectivity index (χ2v) is 15.8. The maximum absolute atomic E-state index is 12.8. The number of carbonyl (C=O) groups excluding carboxylic acids is 1. The highest BCUT2D eigenvalue weighted by molar-refractivity contribution is 5.69. The fourth-order valence-corrected chi connectivity index (χ4v) is 6.77. The molecule has 0 aromatic rings. The predicted molar refractivity (Wildman–Crippen MR) is 238 cm³/mol. The van der Waals surface area contributed by atoms with Gasteiger partial charge in [-0.1, -0.05) is 158 Å². The highest BCUT2D eigenvalue weighted by Gasteiger charge is 2.44. The monoisotopic (exact) mass is 819 g/mol. The minimum Gasteiger partial charge on any atom is -0.457 e. The fourth-order valence-electron chi connectivity index (χ4n) is 6.77. The largest absolute Gasteiger partial charge is 0.457 e. The van der Waals surface area contributed by atoms with E-state index in [9.17, 15) is 25.2 Å². The van der Waals surface area contributed by atoms with Gasteiger partial charge in [-0.25, -0.2) is 0 Å². The molecule has 0 bridgehead atoms. The van der Waals surface area contributed by atoms with Crippen molar-refractivity contribution in [2.45, 2.75) is 218 Å². The van der Waals surface area contributed by atoms with Crippen molar-refractivity contribution in [3.8, 4) is 0 Å². The maximum atomic E-state index is 12.8. The number of carbonyl (C=O) groups is 1. The number of esters is 1. The third-order valence-electron chi connectivity index (χ3n) is 10.4. The zero-order chi connectivity index (χ0) is 42.2. The molecule has 1 heterocycles. The Balaban J connectivity index is 2.25. The number of ether oxygens (including phenoxy) is 4. The average molecular weight is 819 g/mol. The van der Waals surface area contributed by atoms with Crippen molar-refractivity contribution in [3.05, 3.63) is 60.8 Å². The highest BCUT2D eigenvalue weighted by Crippen LogP contribution is 2.22. The number of allylic oxidation sites excluding steroid dienone is 10. The molecule has 1 fully saturated rings. The van der Waals surface area contributed by atoms with Gasteiger partial charge in [0.25, 0.3) is 0 Å². The van der Waals surface area contributed by atoms with Crippen molar-refractivity contribution < 1.29 is 44.2 Å². The molecule has 58 heavy (non-hydrogen) atoms. The first-order valence-corrected chi connectivity index (χ1v) is 23.4. The summed E-state index contributed by atoms with van der Waals surface area (Å²) >= 11 is 0. The van der Waals surface area contributed by atoms with Gasteiger partial charge < -0.3 is 39.4 Å². The Morgan fingerprint density at radius 2 is 1.05 bits per heavy atom. The molecule has 1 saturated heterocycles. The van der Waals surface area contributed by atoms with Crippen LogP contribution in [-0.2, 0) is 23.7 Å². The number of hydrogen-bond donors (Lipinski definition) is 4. The standard InChI is InChI=1S/C49H86O9/c1-3-5-7-9-11-13-15-17-19-20-21-22-23-25-27-29-31-33-35-37-39-55-41-43(42-56-49-48(54)47(53)46(52)44(40-50)58-49)57-45(51)38-36-34-32-30-28-26-24-18-16-14-12-10-8-6-4-2/h6,8,11-14,17-19,24,43-44,46-50,52-54H,3-5,7,9-10,15-16,20-23,25-42H2,1-2H3/b8-6-,13-11-,14-12-,19-17-,24-18-. The molecule has 0 aromatic carbocycles. The molecule has 1 aliphatic rings. The van der Waals surface area contributed by atoms with Crippen LogP contribution in [0.15, 0.2) is 60.8 Å². The van der Waals surface area contributed by atoms with Crippen LogP contribution in [0.2, 0.25) is 0 Å². The van der Waals surface area contributed by atoms with Crippen molar-refractivity contribution in [1.82, 2.24) is 0 Å². The first kappa shape index (κ1) is 53.9. The van der Waals surface area contributed by atoms with Gasteiger partial charge in [0.05, 0.1) is 19.8 Å². The fraction of sp³-hybridized carbons (Fsp3) is 0.776. The van der Waals surface area contributed by atoms with E-state index in [1.54, 1.807) is 0 Å². The lowest BCUT2D eigenvalue weighted by molar-refractivity contribution is -0.305. The Kier molecular flexibility index (Phi) is 37.5. The summed E-state index contributed by atoms with van der Waals surface area (Å²) < 4.78 is 22.8. The number of hydrogen-bond acceptors (Lipinski definition) is 9. The van der Waals surface area contributed by atoms with E-state index in [1.807, 2.05) is 0 Å². The van der Waals surface area contributed by atoms with Crippen LogP contribution < -0.4 is 0 Å². The summed E-state index contributed by atoms with van der Waals surface area (Å²) in [6.07, 6.45) is 43.9. The molecule has 9 nitrogen and oxygen atoms in total. The number of rotatable bonds is 39. The van der Waals surface area contributed by atoms with Crippen LogP contribution in [0, 0.1) is 0 Å². The molecular weight excluding hydrogens is 733 g/mol. The van der Waals surface area contributed by atoms with Gasteiger partial charge in [-0.05, 0) is 77.0 Å². The van der Waals surface area contributed by atoms with Crippen molar-refractivity contribution in [2.75, 3.05) is 26.4 Å². The smallest absolute Gasteiger partial charge is 0.306 e. The first-order valence-electron chi connectivity index (χ1n) is 23.4. The van der Waals surface area contributed by atoms with Crippen LogP contribution in [0.4, 0.5) is 0 Å². The van der Waals surface area contributed by atoms with Crippen LogP contribution >= 0.6 is 0 Å². The minimum absolute atomic E-state index is 0.124. The minimum atomic E-state index is -1.54. The second-order valence-electron chi connectivity index (χ2n) is 15.8. The van der Waals surface area contributed by atoms with Gasteiger partial charge in [0.1, 0.15) is 30.5 Å². The number of aliphatic hydroxyl groups excluding tert-OH is 4. The SMILES string of the molecule is CC/C=C\C/C=C\C/C=C\CCCCCCCC(=O)OC(COCCCCCCCCCCCC/C=C\C/C=C\CCCCC)COC1OC(CO)C(O)C(O)C1O. The van der Waals surface area contributed by atoms with Crippen molar-refractivity contribution in [1.29, 1.82) is 0 Å². The van der Waals surface area contributed by atoms with E-state index >= 15 is 0 Å². The normalized spacial score (nSPS) is 20.8. The molecule has 0 aromatic heterocycles. The summed E-state index contributed by atoms with van der Waals surface area (Å²) in [5.41, 5.74) is 0. The van der Waals surface area contributed by atoms with Crippen LogP contribution in [-0.4, -0.2) is 89.6 Å². The van der Waals surface area contributed by atoms with E-state index in [0.29, 0.717) is 13.0 Å². The van der Waals surface area contributed by atoms with Crippen molar-refractivity contribution in [2.24, 2.45) is 0 Å². The quantitative estimate of drug-likeness (QED) is 0.0272. The molecule has 4 N–H and O–H groups in total. The van der Waals surface area contributed by atoms with E-state index in [-0.39, 0.29) is 19.2 Å². The Labute approximate surface area is 354 Å². The molecule has 6 atom stereocenters. The summed E-state index contributed by atoms with van der Waals surface area (Å²) in [6.45, 7) is 4.39. The molecule has 1 aliphatic heterocycles. The lowest BCUT2D eigenvalue weighted by Crippen LogP contribution is -2.59. The summed E-state index contributed by atoms with van der Waals surface area (Å²) in [7, 11) is 0. The van der Waals surface area contributed by atoms with E-state index in [1.165, 1.54) is 83.5 Å². The van der Waals surface area contributed by atoms with Gasteiger partial charge in [0, 0.05) is 13.0 Å². The zero-order valence-corrected chi connectivity index (χ0v) is 36.8. The van der Waals surface area contributed by atoms with Gasteiger partial charge in [-0.2, -0.15) is 0 Å². The molecule has 1 rings (SSSR count). The highest BCUT2D eigenvalue weighted by atomic mass is 16.7. The Hall–Kier alpha value is -2.11. The van der Waals surface area contributed by atoms with Gasteiger partial charge >= 0.3 is 5.97 Å². The van der Waals surface area contributed by atoms with E-state index in [0.717, 1.165) is 77.0 Å². The number of unbranched alkanes of at least 4 members (excludes halogenated alkanes) is 18. The van der Waals surface area contributed by atoms with Crippen LogP contribution in [0.5, 0.6) is 0 Å². The molecule has 0 amide bonds. The number of aliphatic hydroxyl groups is 4. The van der Waals surface area contributed by atoms with Gasteiger partial charge in [0.2, 0.25) is 0 Å². The second kappa shape index (κ2) is 40.3. The van der Waals surface area contributed by atoms with Gasteiger partial charge in [-0.15, -0.1) is 0 Å².